The molecule has 1 aromatic carbocycles. The molecule has 3 N–H and O–H groups in total. The molecule has 1 unspecified atom stereocenters. The van der Waals surface area contributed by atoms with Crippen LogP contribution in [0.1, 0.15) is 47.0 Å². The van der Waals surface area contributed by atoms with Crippen LogP contribution in [0.4, 0.5) is 5.69 Å². The topological polar surface area (TPSA) is 71.9 Å². The molecule has 1 aromatic rings. The largest absolute Gasteiger partial charge is 0.497 e. The monoisotopic (exact) mass is 390 g/mol. The molecule has 0 aliphatic heterocycles. The molecule has 2 amide bonds. The van der Waals surface area contributed by atoms with E-state index in [0.29, 0.717) is 18.4 Å². The van der Waals surface area contributed by atoms with Crippen LogP contribution in [0.3, 0.4) is 0 Å². The van der Waals surface area contributed by atoms with Gasteiger partial charge >= 0.3 is 0 Å². The zero-order valence-corrected chi connectivity index (χ0v) is 17.9. The van der Waals surface area contributed by atoms with Crippen LogP contribution >= 0.6 is 0 Å². The van der Waals surface area contributed by atoms with E-state index in [2.05, 4.69) is 24.5 Å². The summed E-state index contributed by atoms with van der Waals surface area (Å²) in [6.07, 6.45) is 3.45. The van der Waals surface area contributed by atoms with Gasteiger partial charge in [0.05, 0.1) is 13.7 Å². The van der Waals surface area contributed by atoms with Gasteiger partial charge in [-0.2, -0.15) is 0 Å². The Bertz CT molecular complexity index is 647. The summed E-state index contributed by atoms with van der Waals surface area (Å²) in [5.74, 6) is 1.82. The molecule has 0 aromatic heterocycles. The van der Waals surface area contributed by atoms with Crippen molar-refractivity contribution >= 4 is 17.5 Å². The van der Waals surface area contributed by atoms with E-state index in [9.17, 15) is 9.59 Å². The number of hydrogen-bond donors (Lipinski definition) is 3. The van der Waals surface area contributed by atoms with Gasteiger partial charge in [-0.3, -0.25) is 9.59 Å². The summed E-state index contributed by atoms with van der Waals surface area (Å²) < 4.78 is 5.13. The fourth-order valence-corrected chi connectivity index (χ4v) is 3.95. The summed E-state index contributed by atoms with van der Waals surface area (Å²) in [6, 6.07) is 7.21. The van der Waals surface area contributed by atoms with E-state index in [-0.39, 0.29) is 30.4 Å². The van der Waals surface area contributed by atoms with Crippen molar-refractivity contribution in [3.63, 3.8) is 0 Å². The van der Waals surface area contributed by atoms with E-state index in [1.165, 1.54) is 12.8 Å². The Hall–Kier alpha value is -2.08. The van der Waals surface area contributed by atoms with Gasteiger partial charge in [0.1, 0.15) is 5.75 Å². The lowest BCUT2D eigenvalue weighted by Crippen LogP contribution is -3.17. The maximum Gasteiger partial charge on any atom is 0.279 e. The van der Waals surface area contributed by atoms with Gasteiger partial charge in [-0.15, -0.1) is 0 Å². The van der Waals surface area contributed by atoms with Gasteiger partial charge in [-0.05, 0) is 56.4 Å². The third-order valence-electron chi connectivity index (χ3n) is 6.26. The zero-order chi connectivity index (χ0) is 20.7. The number of rotatable bonds is 8. The SMILES string of the molecule is CC[NH+](CC(=O)Nc1ccc(OC)cc1)[C@@H](C)C(=O)N[C@@H]1CCC[C@H](C)[C@@H]1C. The molecular weight excluding hydrogens is 354 g/mol. The summed E-state index contributed by atoms with van der Waals surface area (Å²) in [7, 11) is 1.61. The minimum absolute atomic E-state index is 0.0417. The average molecular weight is 391 g/mol. The number of ether oxygens (including phenoxy) is 1. The van der Waals surface area contributed by atoms with Crippen molar-refractivity contribution in [3.05, 3.63) is 24.3 Å². The first-order valence-electron chi connectivity index (χ1n) is 10.4. The van der Waals surface area contributed by atoms with Crippen molar-refractivity contribution in [1.29, 1.82) is 0 Å². The molecule has 0 spiro atoms. The van der Waals surface area contributed by atoms with Gasteiger partial charge in [-0.25, -0.2) is 0 Å². The first-order valence-corrected chi connectivity index (χ1v) is 10.4. The predicted octanol–water partition coefficient (Wildman–Crippen LogP) is 1.87. The Morgan fingerprint density at radius 1 is 1.21 bits per heavy atom. The van der Waals surface area contributed by atoms with Crippen molar-refractivity contribution in [2.75, 3.05) is 25.5 Å². The zero-order valence-electron chi connectivity index (χ0n) is 17.9. The van der Waals surface area contributed by atoms with Crippen molar-refractivity contribution < 1.29 is 19.2 Å². The molecule has 28 heavy (non-hydrogen) atoms. The number of likely N-dealkylation sites (N-methyl/N-ethyl adjacent to an activating group) is 1. The Balaban J connectivity index is 1.89. The fraction of sp³-hybridized carbons (Fsp3) is 0.636. The van der Waals surface area contributed by atoms with Crippen molar-refractivity contribution in [2.45, 2.75) is 59.0 Å². The number of methoxy groups -OCH3 is 1. The van der Waals surface area contributed by atoms with E-state index in [4.69, 9.17) is 4.74 Å². The lowest BCUT2D eigenvalue weighted by atomic mass is 9.78. The third-order valence-corrected chi connectivity index (χ3v) is 6.26. The molecule has 1 fully saturated rings. The predicted molar refractivity (Wildman–Crippen MR) is 112 cm³/mol. The van der Waals surface area contributed by atoms with E-state index >= 15 is 0 Å². The first-order chi connectivity index (χ1) is 13.3. The van der Waals surface area contributed by atoms with Gasteiger partial charge in [0, 0.05) is 11.7 Å². The summed E-state index contributed by atoms with van der Waals surface area (Å²) in [5, 5.41) is 6.14. The Labute approximate surface area is 169 Å². The van der Waals surface area contributed by atoms with E-state index in [1.807, 2.05) is 38.1 Å². The summed E-state index contributed by atoms with van der Waals surface area (Å²) in [6.45, 7) is 9.37. The second-order valence-corrected chi connectivity index (χ2v) is 8.07. The van der Waals surface area contributed by atoms with E-state index in [1.54, 1.807) is 7.11 Å². The van der Waals surface area contributed by atoms with Crippen LogP contribution in [-0.2, 0) is 9.59 Å². The molecule has 1 aliphatic rings. The molecule has 0 radical (unpaired) electrons. The molecule has 6 heteroatoms. The molecule has 6 nitrogen and oxygen atoms in total. The molecule has 0 bridgehead atoms. The maximum atomic E-state index is 12.8. The highest BCUT2D eigenvalue weighted by molar-refractivity contribution is 5.91. The molecule has 1 saturated carbocycles. The van der Waals surface area contributed by atoms with Gasteiger partial charge in [0.15, 0.2) is 12.6 Å². The van der Waals surface area contributed by atoms with Crippen LogP contribution in [0.15, 0.2) is 24.3 Å². The van der Waals surface area contributed by atoms with Gasteiger partial charge in [0.25, 0.3) is 11.8 Å². The van der Waals surface area contributed by atoms with Crippen LogP contribution in [0.2, 0.25) is 0 Å². The number of quaternary nitrogens is 1. The first kappa shape index (κ1) is 22.2. The Kier molecular flexibility index (Phi) is 8.30. The number of hydrogen-bond acceptors (Lipinski definition) is 3. The van der Waals surface area contributed by atoms with E-state index in [0.717, 1.165) is 22.8 Å². The Morgan fingerprint density at radius 3 is 2.50 bits per heavy atom. The standard InChI is InChI=1S/C22H35N3O3/c1-6-25(14-21(26)23-18-10-12-19(28-5)13-11-18)17(4)22(27)24-20-9-7-8-15(2)16(20)3/h10-13,15-17,20H,6-9,14H2,1-5H3,(H,23,26)(H,24,27)/p+1/t15-,16-,17-,20+/m0/s1. The molecule has 5 atom stereocenters. The number of anilines is 1. The lowest BCUT2D eigenvalue weighted by Gasteiger charge is -2.35. The van der Waals surface area contributed by atoms with Gasteiger partial charge in [0.2, 0.25) is 0 Å². The second kappa shape index (κ2) is 10.5. The molecule has 1 aliphatic carbocycles. The highest BCUT2D eigenvalue weighted by Gasteiger charge is 2.32. The molecule has 0 saturated heterocycles. The normalized spacial score (nSPS) is 24.1. The number of carbonyl (C=O) groups is 2. The van der Waals surface area contributed by atoms with Gasteiger partial charge < -0.3 is 20.3 Å². The number of amides is 2. The fourth-order valence-electron chi connectivity index (χ4n) is 3.95. The quantitative estimate of drug-likeness (QED) is 0.635. The third kappa shape index (κ3) is 5.96. The summed E-state index contributed by atoms with van der Waals surface area (Å²) >= 11 is 0. The second-order valence-electron chi connectivity index (χ2n) is 8.07. The van der Waals surface area contributed by atoms with Gasteiger partial charge in [-0.1, -0.05) is 26.7 Å². The van der Waals surface area contributed by atoms with Crippen LogP contribution < -0.4 is 20.3 Å². The Morgan fingerprint density at radius 2 is 1.89 bits per heavy atom. The van der Waals surface area contributed by atoms with E-state index < -0.39 is 0 Å². The summed E-state index contributed by atoms with van der Waals surface area (Å²) in [4.78, 5) is 26.2. The average Bonchev–Trinajstić information content (AvgIpc) is 2.69. The highest BCUT2D eigenvalue weighted by Crippen LogP contribution is 2.29. The number of benzene rings is 1. The summed E-state index contributed by atoms with van der Waals surface area (Å²) in [5.41, 5.74) is 0.725. The maximum absolute atomic E-state index is 12.8. The van der Waals surface area contributed by atoms with Crippen molar-refractivity contribution in [3.8, 4) is 5.75 Å². The van der Waals surface area contributed by atoms with Crippen LogP contribution in [-0.4, -0.2) is 44.1 Å². The number of nitrogens with one attached hydrogen (secondary N) is 3. The lowest BCUT2D eigenvalue weighted by molar-refractivity contribution is -0.904. The molecule has 2 rings (SSSR count). The van der Waals surface area contributed by atoms with Crippen LogP contribution in [0, 0.1) is 11.8 Å². The number of carbonyl (C=O) groups excluding carboxylic acids is 2. The molecule has 156 valence electrons. The van der Waals surface area contributed by atoms with Crippen LogP contribution in [0.5, 0.6) is 5.75 Å². The molecular formula is C22H36N3O3+. The van der Waals surface area contributed by atoms with Crippen LogP contribution in [0.25, 0.3) is 0 Å². The smallest absolute Gasteiger partial charge is 0.279 e. The van der Waals surface area contributed by atoms with Crippen molar-refractivity contribution in [1.82, 2.24) is 5.32 Å². The molecule has 0 heterocycles. The highest BCUT2D eigenvalue weighted by atomic mass is 16.5. The van der Waals surface area contributed by atoms with Crippen molar-refractivity contribution in [2.24, 2.45) is 11.8 Å². The minimum Gasteiger partial charge on any atom is -0.497 e. The minimum atomic E-state index is -0.268.